The van der Waals surface area contributed by atoms with Crippen molar-refractivity contribution < 1.29 is 15.9 Å². The molecule has 6 aliphatic carbocycles. The molecule has 3 heteroatoms. The topological polar surface area (TPSA) is 0 Å². The molecule has 0 heterocycles. The summed E-state index contributed by atoms with van der Waals surface area (Å²) in [4.78, 5) is 0. The molecule has 38 heavy (non-hydrogen) atoms. The molecule has 0 saturated heterocycles. The minimum absolute atomic E-state index is 0.135. The molecule has 2 aromatic carbocycles. The summed E-state index contributed by atoms with van der Waals surface area (Å²) < 4.78 is 1.58. The monoisotopic (exact) mass is 620 g/mol. The van der Waals surface area contributed by atoms with Gasteiger partial charge in [0, 0.05) is 0 Å². The molecule has 0 aliphatic heterocycles. The van der Waals surface area contributed by atoms with Crippen molar-refractivity contribution >= 4 is 31.4 Å². The van der Waals surface area contributed by atoms with Gasteiger partial charge in [0.15, 0.2) is 0 Å². The van der Waals surface area contributed by atoms with Crippen LogP contribution in [0, 0.1) is 22.7 Å². The van der Waals surface area contributed by atoms with Gasteiger partial charge in [-0.2, -0.15) is 0 Å². The van der Waals surface area contributed by atoms with Crippen LogP contribution in [0.25, 0.3) is 11.1 Å². The summed E-state index contributed by atoms with van der Waals surface area (Å²) in [7, 11) is 16.8. The third-order valence-corrected chi connectivity index (χ3v) is 35.2. The second kappa shape index (κ2) is 8.17. The Bertz CT molecular complexity index is 1380. The molecule has 8 rings (SSSR count). The molecule has 0 radical (unpaired) electrons. The van der Waals surface area contributed by atoms with Gasteiger partial charge in [-0.1, -0.05) is 0 Å². The zero-order chi connectivity index (χ0) is 25.9. The summed E-state index contributed by atoms with van der Waals surface area (Å²) in [5.41, 5.74) is 9.67. The number of halogens is 2. The quantitative estimate of drug-likeness (QED) is 0.318. The van der Waals surface area contributed by atoms with E-state index in [0.717, 1.165) is 11.8 Å². The van der Waals surface area contributed by atoms with Gasteiger partial charge in [0.25, 0.3) is 0 Å². The van der Waals surface area contributed by atoms with E-state index in [4.69, 9.17) is 17.0 Å². The first-order valence-electron chi connectivity index (χ1n) is 15.3. The summed E-state index contributed by atoms with van der Waals surface area (Å²) in [6.45, 7) is 4.54. The van der Waals surface area contributed by atoms with Crippen LogP contribution < -0.4 is 0 Å². The van der Waals surface area contributed by atoms with Crippen molar-refractivity contribution in [3.63, 3.8) is 0 Å². The number of hydrogen-bond acceptors (Lipinski definition) is 0. The fourth-order valence-electron chi connectivity index (χ4n) is 10.5. The Morgan fingerprint density at radius 1 is 0.658 bits per heavy atom. The molecule has 0 amide bonds. The maximum atomic E-state index is 8.39. The molecule has 4 saturated carbocycles. The summed E-state index contributed by atoms with van der Waals surface area (Å²) >= 11 is -4.75. The van der Waals surface area contributed by atoms with E-state index >= 15 is 0 Å². The second-order valence-corrected chi connectivity index (χ2v) is 36.3. The van der Waals surface area contributed by atoms with Gasteiger partial charge in [0.2, 0.25) is 0 Å². The van der Waals surface area contributed by atoms with Crippen molar-refractivity contribution in [1.82, 2.24) is 0 Å². The molecule has 0 nitrogen and oxygen atoms in total. The third kappa shape index (κ3) is 3.11. The van der Waals surface area contributed by atoms with Crippen LogP contribution in [-0.2, 0) is 15.9 Å². The van der Waals surface area contributed by atoms with Crippen molar-refractivity contribution in [2.75, 3.05) is 0 Å². The second-order valence-electron chi connectivity index (χ2n) is 14.3. The van der Waals surface area contributed by atoms with E-state index in [1.807, 2.05) is 0 Å². The average Bonchev–Trinajstić information content (AvgIpc) is 3.77. The number of hydrogen-bond donors (Lipinski definition) is 0. The van der Waals surface area contributed by atoms with Crippen LogP contribution >= 0.6 is 17.0 Å². The first-order chi connectivity index (χ1) is 18.2. The number of benzene rings is 2. The Kier molecular flexibility index (Phi) is 5.38. The fourth-order valence-corrected chi connectivity index (χ4v) is 25.1. The molecule has 4 fully saturated rings. The van der Waals surface area contributed by atoms with Gasteiger partial charge in [-0.15, -0.1) is 0 Å². The van der Waals surface area contributed by atoms with Crippen LogP contribution in [0.3, 0.4) is 0 Å². The van der Waals surface area contributed by atoms with Crippen molar-refractivity contribution in [3.8, 4) is 0 Å². The van der Waals surface area contributed by atoms with E-state index in [-0.39, 0.29) is 7.25 Å². The van der Waals surface area contributed by atoms with Gasteiger partial charge in [0.1, 0.15) is 0 Å². The predicted molar refractivity (Wildman–Crippen MR) is 160 cm³/mol. The fraction of sp³-hybridized carbons (Fsp3) is 0.514. The van der Waals surface area contributed by atoms with Gasteiger partial charge in [-0.3, -0.25) is 0 Å². The zero-order valence-electron chi connectivity index (χ0n) is 22.9. The van der Waals surface area contributed by atoms with Gasteiger partial charge in [-0.05, 0) is 0 Å². The van der Waals surface area contributed by atoms with E-state index < -0.39 is 15.9 Å². The third-order valence-electron chi connectivity index (χ3n) is 12.6. The van der Waals surface area contributed by atoms with E-state index in [1.54, 1.807) is 11.1 Å². The Morgan fingerprint density at radius 3 is 1.39 bits per heavy atom. The number of allylic oxidation sites excluding steroid dienone is 4. The van der Waals surface area contributed by atoms with E-state index in [2.05, 4.69) is 74.5 Å². The first kappa shape index (κ1) is 25.0. The molecule has 2 aromatic rings. The minimum atomic E-state index is -4.75. The molecule has 2 unspecified atom stereocenters. The summed E-state index contributed by atoms with van der Waals surface area (Å²) in [5.74, 6) is 1.84. The van der Waals surface area contributed by atoms with Crippen LogP contribution in [-0.4, -0.2) is 3.21 Å². The predicted octanol–water partition coefficient (Wildman–Crippen LogP) is 10.6. The molecule has 2 atom stereocenters. The first-order valence-corrected chi connectivity index (χ1v) is 25.6. The molecule has 0 N–H and O–H groups in total. The Balaban J connectivity index is 1.34. The number of fused-ring (bicyclic) bond motifs is 6. The molecule has 0 spiro atoms. The van der Waals surface area contributed by atoms with Crippen LogP contribution in [0.2, 0.25) is 0 Å². The summed E-state index contributed by atoms with van der Waals surface area (Å²) in [6, 6.07) is 18.4. The molecular formula is C35H40Cl2Zr. The molecule has 4 bridgehead atoms. The standard InChI is InChI=1S/2C16H17.C3H6.2ClH.Zr/c2*1-2-4-14-13(3-1)5-6-15(14)16-9-7-12(11-16)8-10-16;1-3-2;;;/h2*1-6,12H,7-11H2;1-2H3;2*1H;/q;;;;;+2/p-2. The van der Waals surface area contributed by atoms with Gasteiger partial charge < -0.3 is 0 Å². The van der Waals surface area contributed by atoms with E-state index in [1.165, 1.54) is 89.7 Å². The molecule has 0 aromatic heterocycles. The Hall–Kier alpha value is -0.747. The summed E-state index contributed by atoms with van der Waals surface area (Å²) in [5, 5.41) is 0. The van der Waals surface area contributed by atoms with Crippen LogP contribution in [0.15, 0.2) is 60.7 Å². The van der Waals surface area contributed by atoms with Crippen molar-refractivity contribution in [2.24, 2.45) is 22.7 Å². The Morgan fingerprint density at radius 2 is 1.05 bits per heavy atom. The van der Waals surface area contributed by atoms with Crippen LogP contribution in [0.1, 0.15) is 108 Å². The maximum absolute atomic E-state index is 8.39. The van der Waals surface area contributed by atoms with Gasteiger partial charge >= 0.3 is 238 Å². The number of rotatable bonds is 4. The van der Waals surface area contributed by atoms with Crippen LogP contribution in [0.4, 0.5) is 0 Å². The van der Waals surface area contributed by atoms with Crippen molar-refractivity contribution in [3.05, 3.63) is 82.9 Å². The average molecular weight is 623 g/mol. The van der Waals surface area contributed by atoms with Crippen LogP contribution in [0.5, 0.6) is 0 Å². The van der Waals surface area contributed by atoms with Gasteiger partial charge in [-0.25, -0.2) is 0 Å². The van der Waals surface area contributed by atoms with Gasteiger partial charge in [0.05, 0.1) is 0 Å². The molecule has 6 aliphatic rings. The zero-order valence-corrected chi connectivity index (χ0v) is 26.9. The van der Waals surface area contributed by atoms with Crippen molar-refractivity contribution in [1.29, 1.82) is 0 Å². The van der Waals surface area contributed by atoms with E-state index in [0.29, 0.717) is 10.8 Å². The SMILES string of the molecule is C[C](C)=[Zr]([Cl])([Cl])([CH]1C=C(C23CCC(CC2)C3)c2ccccc21)[CH]1C=C(C23CCC(CC2)C3)c2ccccc21. The normalized spacial score (nSPS) is 36.9. The van der Waals surface area contributed by atoms with Crippen molar-refractivity contribution in [2.45, 2.75) is 85.3 Å². The Labute approximate surface area is 236 Å². The molecular weight excluding hydrogens is 583 g/mol. The van der Waals surface area contributed by atoms with E-state index in [9.17, 15) is 0 Å². The molecule has 198 valence electrons. The summed E-state index contributed by atoms with van der Waals surface area (Å²) in [6.07, 6.45) is 19.0.